The minimum absolute atomic E-state index is 0.508. The minimum Gasteiger partial charge on any atom is -0.376 e. The molecule has 2 aliphatic carbocycles. The summed E-state index contributed by atoms with van der Waals surface area (Å²) in [6.45, 7) is 1.62. The normalized spacial score (nSPS) is 20.9. The zero-order valence-electron chi connectivity index (χ0n) is 10.0. The topological polar surface area (TPSA) is 47.0 Å². The summed E-state index contributed by atoms with van der Waals surface area (Å²) in [7, 11) is 0. The number of rotatable bonds is 6. The summed E-state index contributed by atoms with van der Waals surface area (Å²) in [4.78, 5) is 4.48. The molecule has 1 aromatic heterocycles. The molecule has 2 saturated carbocycles. The Morgan fingerprint density at radius 1 is 1.24 bits per heavy atom. The van der Waals surface area contributed by atoms with E-state index in [4.69, 9.17) is 4.74 Å². The molecular formula is C12H19N3OS. The molecule has 0 saturated heterocycles. The molecule has 4 nitrogen and oxygen atoms in total. The Kier molecular flexibility index (Phi) is 3.57. The van der Waals surface area contributed by atoms with Gasteiger partial charge in [-0.2, -0.15) is 4.37 Å². The number of hydrogen-bond donors (Lipinski definition) is 1. The van der Waals surface area contributed by atoms with Crippen LogP contribution in [0.3, 0.4) is 0 Å². The zero-order valence-corrected chi connectivity index (χ0v) is 10.8. The number of aromatic nitrogens is 2. The highest BCUT2D eigenvalue weighted by Gasteiger charge is 2.27. The van der Waals surface area contributed by atoms with Crippen LogP contribution in [0.25, 0.3) is 0 Å². The zero-order chi connectivity index (χ0) is 11.5. The van der Waals surface area contributed by atoms with Crippen molar-refractivity contribution in [2.45, 2.75) is 50.5 Å². The Morgan fingerprint density at radius 3 is 2.82 bits per heavy atom. The molecule has 3 rings (SSSR count). The van der Waals surface area contributed by atoms with E-state index in [1.165, 1.54) is 50.1 Å². The fourth-order valence-corrected chi connectivity index (χ4v) is 2.92. The van der Waals surface area contributed by atoms with Gasteiger partial charge in [0.2, 0.25) is 5.13 Å². The van der Waals surface area contributed by atoms with Crippen molar-refractivity contribution in [3.8, 4) is 0 Å². The molecule has 2 fully saturated rings. The molecule has 0 radical (unpaired) electrons. The van der Waals surface area contributed by atoms with Crippen LogP contribution in [0.15, 0.2) is 0 Å². The number of hydrogen-bond acceptors (Lipinski definition) is 5. The molecule has 0 atom stereocenters. The first-order valence-electron chi connectivity index (χ1n) is 6.61. The first kappa shape index (κ1) is 11.4. The summed E-state index contributed by atoms with van der Waals surface area (Å²) in [6, 6.07) is 0. The highest BCUT2D eigenvalue weighted by atomic mass is 32.1. The fourth-order valence-electron chi connectivity index (χ4n) is 2.25. The second-order valence-electron chi connectivity index (χ2n) is 4.94. The maximum absolute atomic E-state index is 5.79. The number of nitrogens with zero attached hydrogens (tertiary/aromatic N) is 2. The third-order valence-corrected chi connectivity index (χ3v) is 4.11. The van der Waals surface area contributed by atoms with Crippen LogP contribution in [-0.2, 0) is 4.74 Å². The lowest BCUT2D eigenvalue weighted by Crippen LogP contribution is -2.15. The average molecular weight is 253 g/mol. The molecule has 0 spiro atoms. The quantitative estimate of drug-likeness (QED) is 0.792. The Labute approximate surface area is 106 Å². The van der Waals surface area contributed by atoms with Crippen molar-refractivity contribution in [3.05, 3.63) is 5.82 Å². The molecule has 17 heavy (non-hydrogen) atoms. The van der Waals surface area contributed by atoms with E-state index in [0.29, 0.717) is 12.0 Å². The summed E-state index contributed by atoms with van der Waals surface area (Å²) in [6.07, 6.45) is 8.18. The van der Waals surface area contributed by atoms with Crippen molar-refractivity contribution < 1.29 is 4.74 Å². The van der Waals surface area contributed by atoms with Crippen LogP contribution in [0, 0.1) is 0 Å². The van der Waals surface area contributed by atoms with Crippen molar-refractivity contribution in [2.24, 2.45) is 0 Å². The van der Waals surface area contributed by atoms with Gasteiger partial charge in [0.05, 0.1) is 12.7 Å². The first-order valence-corrected chi connectivity index (χ1v) is 7.38. The van der Waals surface area contributed by atoms with Crippen molar-refractivity contribution in [1.82, 2.24) is 9.36 Å². The van der Waals surface area contributed by atoms with Gasteiger partial charge in [-0.05, 0) is 25.7 Å². The van der Waals surface area contributed by atoms with Gasteiger partial charge >= 0.3 is 0 Å². The van der Waals surface area contributed by atoms with E-state index >= 15 is 0 Å². The van der Waals surface area contributed by atoms with Crippen molar-refractivity contribution in [2.75, 3.05) is 18.5 Å². The fraction of sp³-hybridized carbons (Fsp3) is 0.833. The Hall–Kier alpha value is -0.680. The van der Waals surface area contributed by atoms with Gasteiger partial charge in [0.25, 0.3) is 0 Å². The lowest BCUT2D eigenvalue weighted by Gasteiger charge is -2.10. The first-order chi connectivity index (χ1) is 8.42. The van der Waals surface area contributed by atoms with Crippen LogP contribution in [0.1, 0.15) is 50.3 Å². The third kappa shape index (κ3) is 3.16. The molecule has 0 amide bonds. The Balaban J connectivity index is 1.35. The van der Waals surface area contributed by atoms with E-state index in [1.807, 2.05) is 0 Å². The predicted octanol–water partition coefficient (Wildman–Crippen LogP) is 2.79. The van der Waals surface area contributed by atoms with Gasteiger partial charge < -0.3 is 10.1 Å². The average Bonchev–Trinajstić information content (AvgIpc) is 2.89. The molecule has 0 aromatic carbocycles. The van der Waals surface area contributed by atoms with Gasteiger partial charge in [-0.3, -0.25) is 0 Å². The highest BCUT2D eigenvalue weighted by molar-refractivity contribution is 7.09. The smallest absolute Gasteiger partial charge is 0.202 e. The maximum Gasteiger partial charge on any atom is 0.202 e. The standard InChI is InChI=1S/C12H19N3OS/c1-2-4-10(3-1)16-8-7-13-12-14-11(15-17-12)9-5-6-9/h9-10H,1-8H2,(H,13,14,15). The molecule has 0 aliphatic heterocycles. The lowest BCUT2D eigenvalue weighted by molar-refractivity contribution is 0.0659. The minimum atomic E-state index is 0.508. The number of ether oxygens (including phenoxy) is 1. The summed E-state index contributed by atoms with van der Waals surface area (Å²) < 4.78 is 10.1. The number of nitrogens with one attached hydrogen (secondary N) is 1. The molecule has 1 heterocycles. The van der Waals surface area contributed by atoms with Gasteiger partial charge in [-0.1, -0.05) is 12.8 Å². The summed E-state index contributed by atoms with van der Waals surface area (Å²) in [5.41, 5.74) is 0. The van der Waals surface area contributed by atoms with Gasteiger partial charge in [-0.25, -0.2) is 4.98 Å². The van der Waals surface area contributed by atoms with E-state index in [-0.39, 0.29) is 0 Å². The van der Waals surface area contributed by atoms with Crippen LogP contribution in [0.4, 0.5) is 5.13 Å². The van der Waals surface area contributed by atoms with Gasteiger partial charge in [0, 0.05) is 24.0 Å². The molecule has 5 heteroatoms. The molecule has 2 aliphatic rings. The SMILES string of the molecule is C1CCC(OCCNc2nc(C3CC3)ns2)C1. The second-order valence-corrected chi connectivity index (χ2v) is 5.69. The van der Waals surface area contributed by atoms with Crippen LogP contribution >= 0.6 is 11.5 Å². The van der Waals surface area contributed by atoms with Crippen LogP contribution in [0.2, 0.25) is 0 Å². The van der Waals surface area contributed by atoms with Gasteiger partial charge in [0.1, 0.15) is 5.82 Å². The predicted molar refractivity (Wildman–Crippen MR) is 68.6 cm³/mol. The van der Waals surface area contributed by atoms with Crippen LogP contribution in [0.5, 0.6) is 0 Å². The Bertz CT molecular complexity index is 358. The van der Waals surface area contributed by atoms with E-state index in [2.05, 4.69) is 14.7 Å². The van der Waals surface area contributed by atoms with Crippen LogP contribution < -0.4 is 5.32 Å². The molecule has 0 unspecified atom stereocenters. The largest absolute Gasteiger partial charge is 0.376 e. The molecule has 0 bridgehead atoms. The summed E-state index contributed by atoms with van der Waals surface area (Å²) >= 11 is 1.47. The monoisotopic (exact) mass is 253 g/mol. The molecule has 1 aromatic rings. The van der Waals surface area contributed by atoms with Crippen molar-refractivity contribution in [3.63, 3.8) is 0 Å². The molecule has 1 N–H and O–H groups in total. The van der Waals surface area contributed by atoms with Crippen molar-refractivity contribution >= 4 is 16.7 Å². The van der Waals surface area contributed by atoms with E-state index in [9.17, 15) is 0 Å². The van der Waals surface area contributed by atoms with E-state index in [1.54, 1.807) is 0 Å². The highest BCUT2D eigenvalue weighted by Crippen LogP contribution is 2.39. The van der Waals surface area contributed by atoms with E-state index < -0.39 is 0 Å². The van der Waals surface area contributed by atoms with E-state index in [0.717, 1.165) is 24.1 Å². The van der Waals surface area contributed by atoms with Gasteiger partial charge in [0.15, 0.2) is 0 Å². The summed E-state index contributed by atoms with van der Waals surface area (Å²) in [5.74, 6) is 1.69. The van der Waals surface area contributed by atoms with Crippen molar-refractivity contribution in [1.29, 1.82) is 0 Å². The van der Waals surface area contributed by atoms with Crippen LogP contribution in [-0.4, -0.2) is 28.6 Å². The maximum atomic E-state index is 5.79. The second kappa shape index (κ2) is 5.31. The molecular weight excluding hydrogens is 234 g/mol. The van der Waals surface area contributed by atoms with Gasteiger partial charge in [-0.15, -0.1) is 0 Å². The Morgan fingerprint density at radius 2 is 2.06 bits per heavy atom. The lowest BCUT2D eigenvalue weighted by atomic mass is 10.3. The summed E-state index contributed by atoms with van der Waals surface area (Å²) in [5, 5.41) is 4.24. The number of anilines is 1. The molecule has 94 valence electrons. The third-order valence-electron chi connectivity index (χ3n) is 3.42.